The van der Waals surface area contributed by atoms with Crippen LogP contribution < -0.4 is 5.32 Å². The molecule has 0 saturated heterocycles. The molecule has 0 aliphatic carbocycles. The van der Waals surface area contributed by atoms with E-state index in [1.807, 2.05) is 6.92 Å². The Morgan fingerprint density at radius 3 is 2.50 bits per heavy atom. The molecule has 0 radical (unpaired) electrons. The summed E-state index contributed by atoms with van der Waals surface area (Å²) in [6, 6.07) is 10.2. The Labute approximate surface area is 169 Å². The van der Waals surface area contributed by atoms with E-state index in [0.29, 0.717) is 16.2 Å². The number of rotatable bonds is 8. The van der Waals surface area contributed by atoms with Crippen LogP contribution in [0, 0.1) is 5.41 Å². The minimum Gasteiger partial charge on any atom is -0.467 e. The molecule has 1 aromatic carbocycles. The summed E-state index contributed by atoms with van der Waals surface area (Å²) in [5.41, 5.74) is -0.238. The van der Waals surface area contributed by atoms with Gasteiger partial charge >= 0.3 is 5.97 Å². The molecule has 1 amide bonds. The number of ether oxygens (including phenoxy) is 1. The Bertz CT molecular complexity index is 824. The van der Waals surface area contributed by atoms with Gasteiger partial charge in [0.25, 0.3) is 0 Å². The third-order valence-electron chi connectivity index (χ3n) is 3.98. The van der Waals surface area contributed by atoms with Crippen LogP contribution in [0.5, 0.6) is 0 Å². The fraction of sp³-hybridized carbons (Fsp3) is 0.381. The summed E-state index contributed by atoms with van der Waals surface area (Å²) >= 11 is 1.23. The van der Waals surface area contributed by atoms with Crippen molar-refractivity contribution in [1.29, 1.82) is 0 Å². The SMILES string of the molecule is C[C@@H](NC(=O)CSc1ccccc1C(=O)OCC(=O)C(C)(C)C)c1ccco1. The van der Waals surface area contributed by atoms with E-state index in [0.717, 1.165) is 0 Å². The number of furan rings is 1. The van der Waals surface area contributed by atoms with Crippen LogP contribution in [-0.2, 0) is 14.3 Å². The Morgan fingerprint density at radius 2 is 1.86 bits per heavy atom. The van der Waals surface area contributed by atoms with Crippen molar-refractivity contribution in [3.8, 4) is 0 Å². The highest BCUT2D eigenvalue weighted by atomic mass is 32.2. The zero-order valence-electron chi connectivity index (χ0n) is 16.5. The Morgan fingerprint density at radius 1 is 1.14 bits per heavy atom. The van der Waals surface area contributed by atoms with Crippen molar-refractivity contribution < 1.29 is 23.5 Å². The lowest BCUT2D eigenvalue weighted by Crippen LogP contribution is -2.28. The maximum absolute atomic E-state index is 12.4. The average molecular weight is 404 g/mol. The third kappa shape index (κ3) is 6.27. The van der Waals surface area contributed by atoms with Gasteiger partial charge in [-0.1, -0.05) is 32.9 Å². The smallest absolute Gasteiger partial charge is 0.339 e. The lowest BCUT2D eigenvalue weighted by Gasteiger charge is -2.16. The molecule has 1 aromatic heterocycles. The van der Waals surface area contributed by atoms with Crippen LogP contribution >= 0.6 is 11.8 Å². The van der Waals surface area contributed by atoms with E-state index in [9.17, 15) is 14.4 Å². The molecule has 2 aromatic rings. The molecule has 2 rings (SSSR count). The van der Waals surface area contributed by atoms with Gasteiger partial charge in [-0.05, 0) is 31.2 Å². The Kier molecular flexibility index (Phi) is 7.45. The van der Waals surface area contributed by atoms with Crippen LogP contribution in [0.15, 0.2) is 52.0 Å². The molecule has 0 aliphatic rings. The molecule has 0 bridgehead atoms. The van der Waals surface area contributed by atoms with Crippen molar-refractivity contribution in [2.45, 2.75) is 38.6 Å². The summed E-state index contributed by atoms with van der Waals surface area (Å²) in [6.07, 6.45) is 1.55. The number of Topliss-reactive ketones (excluding diaryl/α,β-unsaturated/α-hetero) is 1. The van der Waals surface area contributed by atoms with Crippen molar-refractivity contribution in [3.05, 3.63) is 54.0 Å². The van der Waals surface area contributed by atoms with Gasteiger partial charge in [0, 0.05) is 10.3 Å². The molecule has 7 heteroatoms. The third-order valence-corrected chi connectivity index (χ3v) is 5.06. The number of hydrogen-bond acceptors (Lipinski definition) is 6. The van der Waals surface area contributed by atoms with E-state index in [2.05, 4.69) is 5.32 Å². The number of thioether (sulfide) groups is 1. The second-order valence-electron chi connectivity index (χ2n) is 7.34. The summed E-state index contributed by atoms with van der Waals surface area (Å²) < 4.78 is 10.4. The van der Waals surface area contributed by atoms with Gasteiger partial charge < -0.3 is 14.5 Å². The maximum atomic E-state index is 12.4. The van der Waals surface area contributed by atoms with Crippen molar-refractivity contribution in [3.63, 3.8) is 0 Å². The lowest BCUT2D eigenvalue weighted by atomic mass is 9.91. The number of ketones is 1. The number of carbonyl (C=O) groups excluding carboxylic acids is 3. The largest absolute Gasteiger partial charge is 0.467 e. The first kappa shape index (κ1) is 21.8. The highest BCUT2D eigenvalue weighted by molar-refractivity contribution is 8.00. The van der Waals surface area contributed by atoms with E-state index in [-0.39, 0.29) is 30.1 Å². The molecule has 0 fully saturated rings. The molecular weight excluding hydrogens is 378 g/mol. The number of hydrogen-bond donors (Lipinski definition) is 1. The number of esters is 1. The molecule has 0 aliphatic heterocycles. The van der Waals surface area contributed by atoms with Crippen molar-refractivity contribution in [2.24, 2.45) is 5.41 Å². The van der Waals surface area contributed by atoms with Crippen molar-refractivity contribution >= 4 is 29.4 Å². The van der Waals surface area contributed by atoms with Crippen LogP contribution in [0.3, 0.4) is 0 Å². The van der Waals surface area contributed by atoms with Gasteiger partial charge in [-0.25, -0.2) is 4.79 Å². The van der Waals surface area contributed by atoms with Gasteiger partial charge in [-0.2, -0.15) is 0 Å². The molecule has 1 N–H and O–H groups in total. The first-order valence-corrected chi connectivity index (χ1v) is 9.92. The van der Waals surface area contributed by atoms with Crippen LogP contribution in [0.1, 0.15) is 49.9 Å². The second-order valence-corrected chi connectivity index (χ2v) is 8.36. The molecule has 28 heavy (non-hydrogen) atoms. The van der Waals surface area contributed by atoms with Gasteiger partial charge in [-0.15, -0.1) is 11.8 Å². The van der Waals surface area contributed by atoms with Gasteiger partial charge in [0.15, 0.2) is 12.4 Å². The zero-order valence-corrected chi connectivity index (χ0v) is 17.3. The van der Waals surface area contributed by atoms with Crippen LogP contribution in [0.4, 0.5) is 0 Å². The van der Waals surface area contributed by atoms with Crippen LogP contribution in [0.25, 0.3) is 0 Å². The van der Waals surface area contributed by atoms with Gasteiger partial charge in [-0.3, -0.25) is 9.59 Å². The quantitative estimate of drug-likeness (QED) is 0.529. The van der Waals surface area contributed by atoms with Crippen LogP contribution in [-0.4, -0.2) is 30.0 Å². The van der Waals surface area contributed by atoms with Gasteiger partial charge in [0.1, 0.15) is 5.76 Å². The average Bonchev–Trinajstić information content (AvgIpc) is 3.18. The highest BCUT2D eigenvalue weighted by Crippen LogP contribution is 2.24. The topological polar surface area (TPSA) is 85.6 Å². The fourth-order valence-electron chi connectivity index (χ4n) is 2.22. The Hall–Kier alpha value is -2.54. The van der Waals surface area contributed by atoms with Gasteiger partial charge in [0.2, 0.25) is 5.91 Å². The molecule has 1 atom stereocenters. The number of carbonyl (C=O) groups is 3. The first-order chi connectivity index (χ1) is 13.2. The standard InChI is InChI=1S/C21H25NO5S/c1-14(16-9-7-11-26-16)22-19(24)13-28-17-10-6-5-8-15(17)20(25)27-12-18(23)21(2,3)4/h5-11,14H,12-13H2,1-4H3,(H,22,24)/t14-/m1/s1. The monoisotopic (exact) mass is 403 g/mol. The molecule has 0 unspecified atom stereocenters. The highest BCUT2D eigenvalue weighted by Gasteiger charge is 2.23. The summed E-state index contributed by atoms with van der Waals surface area (Å²) in [6.45, 7) is 6.88. The predicted octanol–water partition coefficient (Wildman–Crippen LogP) is 4.02. The predicted molar refractivity (Wildman–Crippen MR) is 107 cm³/mol. The normalized spacial score (nSPS) is 12.3. The molecule has 150 valence electrons. The maximum Gasteiger partial charge on any atom is 0.339 e. The lowest BCUT2D eigenvalue weighted by molar-refractivity contribution is -0.129. The van der Waals surface area contributed by atoms with Crippen molar-refractivity contribution in [1.82, 2.24) is 5.32 Å². The minimum absolute atomic E-state index is 0.135. The zero-order chi connectivity index (χ0) is 20.7. The summed E-state index contributed by atoms with van der Waals surface area (Å²) in [4.78, 5) is 37.1. The van der Waals surface area contributed by atoms with E-state index >= 15 is 0 Å². The Balaban J connectivity index is 1.93. The van der Waals surface area contributed by atoms with E-state index < -0.39 is 11.4 Å². The minimum atomic E-state index is -0.579. The first-order valence-electron chi connectivity index (χ1n) is 8.93. The van der Waals surface area contributed by atoms with E-state index in [1.54, 1.807) is 63.4 Å². The summed E-state index contributed by atoms with van der Waals surface area (Å²) in [5.74, 6) is -0.107. The van der Waals surface area contributed by atoms with E-state index in [4.69, 9.17) is 9.15 Å². The fourth-order valence-corrected chi connectivity index (χ4v) is 3.07. The van der Waals surface area contributed by atoms with Crippen LogP contribution in [0.2, 0.25) is 0 Å². The number of benzene rings is 1. The summed E-state index contributed by atoms with van der Waals surface area (Å²) in [5, 5.41) is 2.84. The molecule has 6 nitrogen and oxygen atoms in total. The van der Waals surface area contributed by atoms with E-state index in [1.165, 1.54) is 11.8 Å². The second kappa shape index (κ2) is 9.59. The molecular formula is C21H25NO5S. The number of nitrogens with one attached hydrogen (secondary N) is 1. The summed E-state index contributed by atoms with van der Waals surface area (Å²) in [7, 11) is 0. The van der Waals surface area contributed by atoms with Crippen molar-refractivity contribution in [2.75, 3.05) is 12.4 Å². The molecule has 0 saturated carbocycles. The number of amides is 1. The van der Waals surface area contributed by atoms with Gasteiger partial charge in [0.05, 0.1) is 23.6 Å². The molecule has 1 heterocycles. The molecule has 0 spiro atoms.